The summed E-state index contributed by atoms with van der Waals surface area (Å²) in [5.74, 6) is 0.496. The summed E-state index contributed by atoms with van der Waals surface area (Å²) >= 11 is 1.52. The van der Waals surface area contributed by atoms with E-state index in [1.54, 1.807) is 4.68 Å². The number of para-hydroxylation sites is 1. The third kappa shape index (κ3) is 4.74. The van der Waals surface area contributed by atoms with Crippen LogP contribution in [0, 0.1) is 0 Å². The van der Waals surface area contributed by atoms with Gasteiger partial charge < -0.3 is 5.32 Å². The van der Waals surface area contributed by atoms with Crippen molar-refractivity contribution < 1.29 is 4.79 Å². The van der Waals surface area contributed by atoms with Crippen molar-refractivity contribution in [2.45, 2.75) is 17.8 Å². The predicted molar refractivity (Wildman–Crippen MR) is 132 cm³/mol. The van der Waals surface area contributed by atoms with Gasteiger partial charge >= 0.3 is 0 Å². The number of carbonyl (C=O) groups is 1. The number of amides is 1. The van der Waals surface area contributed by atoms with E-state index in [1.165, 1.54) is 18.7 Å². The van der Waals surface area contributed by atoms with Gasteiger partial charge in [-0.3, -0.25) is 4.79 Å². The third-order valence-corrected chi connectivity index (χ3v) is 6.03. The first-order valence-corrected chi connectivity index (χ1v) is 11.6. The van der Waals surface area contributed by atoms with Gasteiger partial charge in [0.1, 0.15) is 0 Å². The first-order chi connectivity index (χ1) is 16.7. The summed E-state index contributed by atoms with van der Waals surface area (Å²) < 4.78 is 3.57. The van der Waals surface area contributed by atoms with Gasteiger partial charge in [-0.05, 0) is 40.8 Å². The van der Waals surface area contributed by atoms with Crippen LogP contribution in [0.1, 0.15) is 12.5 Å². The Kier molecular flexibility index (Phi) is 6.17. The lowest BCUT2D eigenvalue weighted by molar-refractivity contribution is -0.114. The van der Waals surface area contributed by atoms with Crippen LogP contribution in [0.15, 0.2) is 96.3 Å². The van der Waals surface area contributed by atoms with Gasteiger partial charge in [0.25, 0.3) is 0 Å². The van der Waals surface area contributed by atoms with E-state index in [4.69, 9.17) is 5.10 Å². The summed E-state index contributed by atoms with van der Waals surface area (Å²) in [4.78, 5) is 11.4. The number of benzene rings is 3. The number of carbonyl (C=O) groups excluding carboxylic acids is 1. The molecule has 8 nitrogen and oxygen atoms in total. The van der Waals surface area contributed by atoms with Crippen molar-refractivity contribution in [3.8, 4) is 22.6 Å². The summed E-state index contributed by atoms with van der Waals surface area (Å²) in [7, 11) is 0. The lowest BCUT2D eigenvalue weighted by Crippen LogP contribution is -2.07. The van der Waals surface area contributed by atoms with Crippen LogP contribution in [-0.2, 0) is 10.5 Å². The Morgan fingerprint density at radius 3 is 2.44 bits per heavy atom. The molecular formula is C25H21N7OS. The number of hydrogen-bond donors (Lipinski definition) is 1. The second-order valence-electron chi connectivity index (χ2n) is 7.54. The van der Waals surface area contributed by atoms with Crippen LogP contribution in [0.25, 0.3) is 22.6 Å². The van der Waals surface area contributed by atoms with Gasteiger partial charge in [-0.2, -0.15) is 9.78 Å². The summed E-state index contributed by atoms with van der Waals surface area (Å²) in [5, 5.41) is 20.5. The maximum Gasteiger partial charge on any atom is 0.221 e. The van der Waals surface area contributed by atoms with E-state index in [0.29, 0.717) is 16.6 Å². The number of thioether (sulfide) groups is 1. The number of nitrogens with zero attached hydrogens (tertiary/aromatic N) is 6. The van der Waals surface area contributed by atoms with Crippen molar-refractivity contribution in [2.24, 2.45) is 0 Å². The first kappa shape index (κ1) is 21.6. The third-order valence-electron chi connectivity index (χ3n) is 5.07. The molecule has 0 atom stereocenters. The minimum Gasteiger partial charge on any atom is -0.326 e. The molecule has 5 aromatic rings. The molecule has 0 aliphatic heterocycles. The second kappa shape index (κ2) is 9.72. The van der Waals surface area contributed by atoms with E-state index in [-0.39, 0.29) is 5.91 Å². The molecule has 9 heteroatoms. The molecule has 0 saturated carbocycles. The Morgan fingerprint density at radius 1 is 0.941 bits per heavy atom. The van der Waals surface area contributed by atoms with Gasteiger partial charge in [-0.25, -0.2) is 4.68 Å². The van der Waals surface area contributed by atoms with Crippen LogP contribution in [0.3, 0.4) is 0 Å². The van der Waals surface area contributed by atoms with Gasteiger partial charge in [0.05, 0.1) is 17.1 Å². The molecule has 0 aliphatic rings. The lowest BCUT2D eigenvalue weighted by Gasteiger charge is -2.07. The Balaban J connectivity index is 1.44. The maximum atomic E-state index is 11.4. The Morgan fingerprint density at radius 2 is 1.68 bits per heavy atom. The Hall–Kier alpha value is -4.24. The molecule has 0 radical (unpaired) electrons. The average Bonchev–Trinajstić information content (AvgIpc) is 3.51. The van der Waals surface area contributed by atoms with E-state index in [1.807, 2.05) is 77.5 Å². The number of anilines is 1. The molecule has 2 heterocycles. The monoisotopic (exact) mass is 467 g/mol. The summed E-state index contributed by atoms with van der Waals surface area (Å²) in [5.41, 5.74) is 5.49. The van der Waals surface area contributed by atoms with Gasteiger partial charge in [0.15, 0.2) is 0 Å². The Bertz CT molecular complexity index is 1410. The zero-order valence-electron chi connectivity index (χ0n) is 18.4. The summed E-state index contributed by atoms with van der Waals surface area (Å²) in [6, 6.07) is 27.6. The van der Waals surface area contributed by atoms with Gasteiger partial charge in [0.2, 0.25) is 11.1 Å². The predicted octanol–water partition coefficient (Wildman–Crippen LogP) is 4.77. The number of aromatic nitrogens is 6. The molecule has 168 valence electrons. The van der Waals surface area contributed by atoms with Gasteiger partial charge in [0, 0.05) is 35.7 Å². The number of tetrazole rings is 1. The number of nitrogens with one attached hydrogen (secondary N) is 1. The minimum atomic E-state index is -0.132. The zero-order valence-corrected chi connectivity index (χ0v) is 19.2. The molecule has 0 saturated heterocycles. The van der Waals surface area contributed by atoms with Crippen molar-refractivity contribution >= 4 is 23.4 Å². The molecule has 1 N–H and O–H groups in total. The fourth-order valence-corrected chi connectivity index (χ4v) is 4.41. The number of hydrogen-bond acceptors (Lipinski definition) is 6. The highest BCUT2D eigenvalue weighted by molar-refractivity contribution is 7.98. The first-order valence-electron chi connectivity index (χ1n) is 10.7. The van der Waals surface area contributed by atoms with Crippen LogP contribution < -0.4 is 5.32 Å². The lowest BCUT2D eigenvalue weighted by atomic mass is 10.1. The normalized spacial score (nSPS) is 10.9. The van der Waals surface area contributed by atoms with E-state index in [2.05, 4.69) is 39.2 Å². The molecule has 3 aromatic carbocycles. The fourth-order valence-electron chi connectivity index (χ4n) is 3.56. The van der Waals surface area contributed by atoms with Crippen LogP contribution in [-0.4, -0.2) is 35.9 Å². The molecule has 0 aliphatic carbocycles. The van der Waals surface area contributed by atoms with Crippen molar-refractivity contribution in [3.05, 3.63) is 96.7 Å². The highest BCUT2D eigenvalue weighted by atomic mass is 32.2. The van der Waals surface area contributed by atoms with Crippen molar-refractivity contribution in [3.63, 3.8) is 0 Å². The smallest absolute Gasteiger partial charge is 0.221 e. The molecule has 0 spiro atoms. The average molecular weight is 468 g/mol. The van der Waals surface area contributed by atoms with Gasteiger partial charge in [-0.15, -0.1) is 5.10 Å². The van der Waals surface area contributed by atoms with Crippen LogP contribution in [0.5, 0.6) is 0 Å². The number of rotatable bonds is 7. The summed E-state index contributed by atoms with van der Waals surface area (Å²) in [6.45, 7) is 1.48. The minimum absolute atomic E-state index is 0.132. The molecular weight excluding hydrogens is 446 g/mol. The van der Waals surface area contributed by atoms with E-state index >= 15 is 0 Å². The van der Waals surface area contributed by atoms with Crippen molar-refractivity contribution in [2.75, 3.05) is 5.32 Å². The quantitative estimate of drug-likeness (QED) is 0.347. The SMILES string of the molecule is CC(=O)Nc1cccc(-n2nnnc2SCc2cn(-c3ccccc3)nc2-c2ccccc2)c1. The molecule has 34 heavy (non-hydrogen) atoms. The highest BCUT2D eigenvalue weighted by Gasteiger charge is 2.16. The molecule has 0 fully saturated rings. The molecule has 0 unspecified atom stereocenters. The van der Waals surface area contributed by atoms with E-state index < -0.39 is 0 Å². The second-order valence-corrected chi connectivity index (χ2v) is 8.49. The van der Waals surface area contributed by atoms with Crippen molar-refractivity contribution in [1.29, 1.82) is 0 Å². The largest absolute Gasteiger partial charge is 0.326 e. The van der Waals surface area contributed by atoms with Crippen molar-refractivity contribution in [1.82, 2.24) is 30.0 Å². The highest BCUT2D eigenvalue weighted by Crippen LogP contribution is 2.30. The van der Waals surface area contributed by atoms with E-state index in [9.17, 15) is 4.79 Å². The van der Waals surface area contributed by atoms with Crippen LogP contribution in [0.4, 0.5) is 5.69 Å². The molecule has 5 rings (SSSR count). The van der Waals surface area contributed by atoms with Crippen LogP contribution in [0.2, 0.25) is 0 Å². The van der Waals surface area contributed by atoms with Crippen LogP contribution >= 0.6 is 11.8 Å². The maximum absolute atomic E-state index is 11.4. The Labute approximate surface area is 200 Å². The zero-order chi connectivity index (χ0) is 23.3. The topological polar surface area (TPSA) is 90.5 Å². The van der Waals surface area contributed by atoms with Gasteiger partial charge in [-0.1, -0.05) is 66.4 Å². The standard InChI is InChI=1S/C25H21N7OS/c1-18(33)26-21-11-8-14-23(15-21)32-25(27-29-30-32)34-17-20-16-31(22-12-6-3-7-13-22)28-24(20)19-9-4-2-5-10-19/h2-16H,17H2,1H3,(H,26,33). The fraction of sp³-hybridized carbons (Fsp3) is 0.0800. The van der Waals surface area contributed by atoms with E-state index in [0.717, 1.165) is 28.2 Å². The molecule has 1 amide bonds. The summed E-state index contributed by atoms with van der Waals surface area (Å²) in [6.07, 6.45) is 2.05. The molecule has 0 bridgehead atoms. The molecule has 2 aromatic heterocycles.